The Kier molecular flexibility index (Phi) is 5.59. The van der Waals surface area contributed by atoms with Crippen LogP contribution in [0.3, 0.4) is 0 Å². The van der Waals surface area contributed by atoms with Crippen LogP contribution in [0.15, 0.2) is 34.9 Å². The summed E-state index contributed by atoms with van der Waals surface area (Å²) in [5, 5.41) is 3.41. The summed E-state index contributed by atoms with van der Waals surface area (Å²) in [6, 6.07) is 7.55. The van der Waals surface area contributed by atoms with Crippen LogP contribution in [0.5, 0.6) is 11.5 Å². The maximum absolute atomic E-state index is 14.0. The highest BCUT2D eigenvalue weighted by Crippen LogP contribution is 2.40. The van der Waals surface area contributed by atoms with E-state index in [2.05, 4.69) is 29.1 Å². The highest BCUT2D eigenvalue weighted by atomic mass is 19.1. The van der Waals surface area contributed by atoms with Gasteiger partial charge >= 0.3 is 6.08 Å². The van der Waals surface area contributed by atoms with Crippen molar-refractivity contribution in [2.45, 2.75) is 26.8 Å². The van der Waals surface area contributed by atoms with Crippen molar-refractivity contribution in [1.29, 1.82) is 0 Å². The average molecular weight is 452 g/mol. The number of aromatic nitrogens is 4. The molecule has 1 aliphatic rings. The second kappa shape index (κ2) is 8.70. The van der Waals surface area contributed by atoms with E-state index < -0.39 is 6.08 Å². The maximum atomic E-state index is 14.0. The topological polar surface area (TPSA) is 113 Å². The lowest BCUT2D eigenvalue weighted by Crippen LogP contribution is -2.25. The minimum Gasteiger partial charge on any atom is -0.464 e. The lowest BCUT2D eigenvalue weighted by atomic mass is 10.0. The van der Waals surface area contributed by atoms with Gasteiger partial charge in [0.2, 0.25) is 6.79 Å². The number of hydrogen-bond acceptors (Lipinski definition) is 8. The van der Waals surface area contributed by atoms with Gasteiger partial charge in [-0.1, -0.05) is 13.8 Å². The van der Waals surface area contributed by atoms with E-state index in [1.54, 1.807) is 6.26 Å². The first-order chi connectivity index (χ1) is 16.0. The van der Waals surface area contributed by atoms with Gasteiger partial charge in [0.1, 0.15) is 11.6 Å². The third kappa shape index (κ3) is 4.21. The molecule has 3 aromatic heterocycles. The first-order valence-electron chi connectivity index (χ1n) is 10.8. The zero-order valence-electron chi connectivity index (χ0n) is 18.5. The summed E-state index contributed by atoms with van der Waals surface area (Å²) in [6.07, 6.45) is 1.18. The second-order valence-corrected chi connectivity index (χ2v) is 8.34. The fourth-order valence-electron chi connectivity index (χ4n) is 3.95. The van der Waals surface area contributed by atoms with Crippen molar-refractivity contribution in [1.82, 2.24) is 24.8 Å². The zero-order chi connectivity index (χ0) is 22.9. The van der Waals surface area contributed by atoms with Gasteiger partial charge < -0.3 is 29.5 Å². The number of nitrogens with zero attached hydrogens (tertiary/aromatic N) is 4. The van der Waals surface area contributed by atoms with E-state index in [1.165, 1.54) is 0 Å². The first-order valence-corrected chi connectivity index (χ1v) is 10.8. The van der Waals surface area contributed by atoms with Crippen LogP contribution in [0.1, 0.15) is 25.2 Å². The second-order valence-electron chi connectivity index (χ2n) is 8.34. The Balaban J connectivity index is 1.56. The van der Waals surface area contributed by atoms with Gasteiger partial charge in [-0.25, -0.2) is 4.98 Å². The first kappa shape index (κ1) is 21.2. The number of fused-ring (bicyclic) bond motifs is 2. The maximum Gasteiger partial charge on any atom is 0.312 e. The molecule has 0 atom stereocenters. The molecule has 0 saturated heterocycles. The van der Waals surface area contributed by atoms with Gasteiger partial charge in [0.25, 0.3) is 0 Å². The Bertz CT molecular complexity index is 1290. The fourth-order valence-corrected chi connectivity index (χ4v) is 3.95. The molecule has 0 fully saturated rings. The Hall–Kier alpha value is -3.66. The smallest absolute Gasteiger partial charge is 0.312 e. The SMILES string of the molecule is CC(C)CNCCn1c(Cc2cc3c(cc2-c2ccco2)OCO3)nc2c(N)nc(F)nc21. The van der Waals surface area contributed by atoms with Crippen LogP contribution in [0.2, 0.25) is 0 Å². The van der Waals surface area contributed by atoms with Gasteiger partial charge in [0.15, 0.2) is 28.5 Å². The summed E-state index contributed by atoms with van der Waals surface area (Å²) in [7, 11) is 0. The number of benzene rings is 1. The van der Waals surface area contributed by atoms with Crippen molar-refractivity contribution in [2.24, 2.45) is 5.92 Å². The fraction of sp³-hybridized carbons (Fsp3) is 0.348. The molecule has 0 unspecified atom stereocenters. The van der Waals surface area contributed by atoms with E-state index in [9.17, 15) is 4.39 Å². The number of nitrogen functional groups attached to an aromatic ring is 1. The number of nitrogens with one attached hydrogen (secondary N) is 1. The summed E-state index contributed by atoms with van der Waals surface area (Å²) < 4.78 is 32.7. The lowest BCUT2D eigenvalue weighted by molar-refractivity contribution is 0.174. The highest BCUT2D eigenvalue weighted by molar-refractivity contribution is 5.82. The lowest BCUT2D eigenvalue weighted by Gasteiger charge is -2.13. The quantitative estimate of drug-likeness (QED) is 0.309. The highest BCUT2D eigenvalue weighted by Gasteiger charge is 2.23. The molecular formula is C23H25FN6O3. The molecule has 9 nitrogen and oxygen atoms in total. The number of imidazole rings is 1. The Morgan fingerprint density at radius 3 is 2.76 bits per heavy atom. The number of nitrogens with two attached hydrogens (primary N) is 1. The van der Waals surface area contributed by atoms with Gasteiger partial charge in [-0.15, -0.1) is 0 Å². The normalized spacial score (nSPS) is 12.8. The van der Waals surface area contributed by atoms with Crippen LogP contribution >= 0.6 is 0 Å². The molecule has 3 N–H and O–H groups in total. The number of anilines is 1. The number of furan rings is 1. The van der Waals surface area contributed by atoms with Gasteiger partial charge in [-0.05, 0) is 42.3 Å². The van der Waals surface area contributed by atoms with E-state index in [-0.39, 0.29) is 12.6 Å². The molecule has 0 saturated carbocycles. The van der Waals surface area contributed by atoms with Crippen molar-refractivity contribution in [3.8, 4) is 22.8 Å². The van der Waals surface area contributed by atoms with Crippen molar-refractivity contribution in [3.63, 3.8) is 0 Å². The van der Waals surface area contributed by atoms with E-state index >= 15 is 0 Å². The zero-order valence-corrected chi connectivity index (χ0v) is 18.5. The van der Waals surface area contributed by atoms with Crippen LogP contribution in [0.25, 0.3) is 22.5 Å². The Morgan fingerprint density at radius 1 is 1.18 bits per heavy atom. The number of hydrogen-bond donors (Lipinski definition) is 2. The van der Waals surface area contributed by atoms with Crippen molar-refractivity contribution >= 4 is 17.0 Å². The molecule has 0 spiro atoms. The largest absolute Gasteiger partial charge is 0.464 e. The predicted octanol–water partition coefficient (Wildman–Crippen LogP) is 3.37. The summed E-state index contributed by atoms with van der Waals surface area (Å²) in [5.74, 6) is 3.25. The summed E-state index contributed by atoms with van der Waals surface area (Å²) in [4.78, 5) is 12.3. The molecule has 4 aromatic rings. The molecule has 0 bridgehead atoms. The van der Waals surface area contributed by atoms with Gasteiger partial charge in [0.05, 0.1) is 6.26 Å². The monoisotopic (exact) mass is 452 g/mol. The molecule has 5 rings (SSSR count). The van der Waals surface area contributed by atoms with Crippen molar-refractivity contribution in [3.05, 3.63) is 48.0 Å². The predicted molar refractivity (Wildman–Crippen MR) is 120 cm³/mol. The molecule has 1 aromatic carbocycles. The van der Waals surface area contributed by atoms with E-state index in [4.69, 9.17) is 24.6 Å². The van der Waals surface area contributed by atoms with Crippen molar-refractivity contribution in [2.75, 3.05) is 25.6 Å². The van der Waals surface area contributed by atoms with Gasteiger partial charge in [0, 0.05) is 25.1 Å². The summed E-state index contributed by atoms with van der Waals surface area (Å²) in [6.45, 7) is 6.55. The number of halogens is 1. The molecule has 33 heavy (non-hydrogen) atoms. The summed E-state index contributed by atoms with van der Waals surface area (Å²) >= 11 is 0. The summed E-state index contributed by atoms with van der Waals surface area (Å²) in [5.41, 5.74) is 8.53. The van der Waals surface area contributed by atoms with Crippen LogP contribution in [-0.4, -0.2) is 39.4 Å². The van der Waals surface area contributed by atoms with E-state index in [0.29, 0.717) is 59.7 Å². The van der Waals surface area contributed by atoms with E-state index in [1.807, 2.05) is 28.8 Å². The Labute approximate surface area is 189 Å². The number of ether oxygens (including phenoxy) is 2. The van der Waals surface area contributed by atoms with Crippen LogP contribution in [0, 0.1) is 12.0 Å². The molecule has 10 heteroatoms. The van der Waals surface area contributed by atoms with Crippen LogP contribution in [-0.2, 0) is 13.0 Å². The molecular weight excluding hydrogens is 427 g/mol. The third-order valence-corrected chi connectivity index (χ3v) is 5.47. The van der Waals surface area contributed by atoms with Gasteiger partial charge in [-0.3, -0.25) is 0 Å². The van der Waals surface area contributed by atoms with Crippen molar-refractivity contribution < 1.29 is 18.3 Å². The minimum atomic E-state index is -0.873. The van der Waals surface area contributed by atoms with E-state index in [0.717, 1.165) is 17.7 Å². The van der Waals surface area contributed by atoms with Crippen LogP contribution < -0.4 is 20.5 Å². The minimum absolute atomic E-state index is 0.0181. The molecule has 0 aliphatic carbocycles. The molecule has 172 valence electrons. The third-order valence-electron chi connectivity index (χ3n) is 5.47. The molecule has 1 aliphatic heterocycles. The molecule has 0 radical (unpaired) electrons. The van der Waals surface area contributed by atoms with Crippen LogP contribution in [0.4, 0.5) is 10.2 Å². The molecule has 4 heterocycles. The molecule has 0 amide bonds. The van der Waals surface area contributed by atoms with Gasteiger partial charge in [-0.2, -0.15) is 14.4 Å². The average Bonchev–Trinajstić information content (AvgIpc) is 3.51. The number of rotatable bonds is 8. The standard InChI is InChI=1S/C23H25FN6O3/c1-13(2)11-26-5-6-30-19(27-20-21(25)28-23(24)29-22(20)30)9-14-8-17-18(33-12-32-17)10-15(14)16-4-3-7-31-16/h3-4,7-8,10,13,26H,5-6,9,11-12H2,1-2H3,(H2,25,28,29). The Morgan fingerprint density at radius 2 is 2.00 bits per heavy atom.